The lowest BCUT2D eigenvalue weighted by Gasteiger charge is -2.40. The molecule has 0 amide bonds. The van der Waals surface area contributed by atoms with Crippen molar-refractivity contribution in [3.05, 3.63) is 24.2 Å². The lowest BCUT2D eigenvalue weighted by molar-refractivity contribution is -0.0835. The normalized spacial score (nSPS) is 22.3. The predicted molar refractivity (Wildman–Crippen MR) is 104 cm³/mol. The summed E-state index contributed by atoms with van der Waals surface area (Å²) < 4.78 is 11.3. The van der Waals surface area contributed by atoms with E-state index in [0.29, 0.717) is 12.5 Å². The SMILES string of the molecule is CN=C(NCc1ccco1)NCC1CCCOC1C(C)(C)C.I. The molecule has 5 nitrogen and oxygen atoms in total. The molecule has 0 aliphatic carbocycles. The molecule has 0 radical (unpaired) electrons. The number of ether oxygens (including phenoxy) is 1. The Hall–Kier alpha value is -0.760. The monoisotopic (exact) mass is 435 g/mol. The van der Waals surface area contributed by atoms with Crippen LogP contribution in [0.5, 0.6) is 0 Å². The topological polar surface area (TPSA) is 58.8 Å². The Labute approximate surface area is 156 Å². The molecule has 1 saturated heterocycles. The Morgan fingerprint density at radius 3 is 2.74 bits per heavy atom. The van der Waals surface area contributed by atoms with E-state index in [1.165, 1.54) is 6.42 Å². The van der Waals surface area contributed by atoms with E-state index in [0.717, 1.165) is 31.3 Å². The maximum Gasteiger partial charge on any atom is 0.191 e. The number of nitrogens with one attached hydrogen (secondary N) is 2. The quantitative estimate of drug-likeness (QED) is 0.433. The van der Waals surface area contributed by atoms with Crippen LogP contribution in [0.4, 0.5) is 0 Å². The van der Waals surface area contributed by atoms with Gasteiger partial charge in [0, 0.05) is 26.1 Å². The number of furan rings is 1. The van der Waals surface area contributed by atoms with Crippen molar-refractivity contribution in [3.63, 3.8) is 0 Å². The molecule has 1 aromatic heterocycles. The molecule has 2 N–H and O–H groups in total. The highest BCUT2D eigenvalue weighted by molar-refractivity contribution is 14.0. The second kappa shape index (κ2) is 9.52. The molecule has 2 heterocycles. The first kappa shape index (κ1) is 20.3. The van der Waals surface area contributed by atoms with Gasteiger partial charge in [0.25, 0.3) is 0 Å². The van der Waals surface area contributed by atoms with Crippen molar-refractivity contribution < 1.29 is 9.15 Å². The second-order valence-electron chi connectivity index (χ2n) is 6.95. The Bertz CT molecular complexity index is 469. The molecule has 2 rings (SSSR count). The first-order chi connectivity index (χ1) is 10.5. The van der Waals surface area contributed by atoms with Gasteiger partial charge >= 0.3 is 0 Å². The molecule has 0 bridgehead atoms. The molecular formula is C17H30IN3O2. The van der Waals surface area contributed by atoms with Crippen molar-refractivity contribution >= 4 is 29.9 Å². The average Bonchev–Trinajstić information content (AvgIpc) is 3.00. The average molecular weight is 435 g/mol. The van der Waals surface area contributed by atoms with Gasteiger partial charge in [0.1, 0.15) is 5.76 Å². The van der Waals surface area contributed by atoms with E-state index in [4.69, 9.17) is 9.15 Å². The summed E-state index contributed by atoms with van der Waals surface area (Å²) in [5, 5.41) is 6.69. The van der Waals surface area contributed by atoms with Gasteiger partial charge in [-0.3, -0.25) is 4.99 Å². The molecule has 23 heavy (non-hydrogen) atoms. The first-order valence-electron chi connectivity index (χ1n) is 8.09. The van der Waals surface area contributed by atoms with Crippen molar-refractivity contribution in [2.24, 2.45) is 16.3 Å². The fourth-order valence-electron chi connectivity index (χ4n) is 3.04. The van der Waals surface area contributed by atoms with Crippen molar-refractivity contribution in [2.45, 2.75) is 46.3 Å². The highest BCUT2D eigenvalue weighted by atomic mass is 127. The number of hydrogen-bond acceptors (Lipinski definition) is 3. The molecule has 2 atom stereocenters. The molecule has 1 aliphatic heterocycles. The molecule has 0 spiro atoms. The van der Waals surface area contributed by atoms with Gasteiger partial charge in [0.05, 0.1) is 18.9 Å². The fraction of sp³-hybridized carbons (Fsp3) is 0.706. The van der Waals surface area contributed by atoms with Crippen LogP contribution in [0.2, 0.25) is 0 Å². The van der Waals surface area contributed by atoms with Crippen LogP contribution in [0.1, 0.15) is 39.4 Å². The lowest BCUT2D eigenvalue weighted by Crippen LogP contribution is -2.47. The van der Waals surface area contributed by atoms with Gasteiger partial charge in [-0.15, -0.1) is 24.0 Å². The fourth-order valence-corrected chi connectivity index (χ4v) is 3.04. The van der Waals surface area contributed by atoms with Crippen molar-refractivity contribution in [1.29, 1.82) is 0 Å². The number of aliphatic imine (C=N–C) groups is 1. The molecule has 1 fully saturated rings. The van der Waals surface area contributed by atoms with Crippen LogP contribution >= 0.6 is 24.0 Å². The van der Waals surface area contributed by atoms with Crippen LogP contribution in [0, 0.1) is 11.3 Å². The van der Waals surface area contributed by atoms with E-state index in [1.54, 1.807) is 13.3 Å². The van der Waals surface area contributed by atoms with Crippen LogP contribution in [0.15, 0.2) is 27.8 Å². The highest BCUT2D eigenvalue weighted by Crippen LogP contribution is 2.33. The summed E-state index contributed by atoms with van der Waals surface area (Å²) in [6, 6.07) is 3.84. The van der Waals surface area contributed by atoms with Crippen LogP contribution < -0.4 is 10.6 Å². The van der Waals surface area contributed by atoms with E-state index in [-0.39, 0.29) is 35.5 Å². The zero-order chi connectivity index (χ0) is 16.0. The third kappa shape index (κ3) is 6.33. The molecule has 0 saturated carbocycles. The van der Waals surface area contributed by atoms with E-state index in [1.807, 2.05) is 12.1 Å². The van der Waals surface area contributed by atoms with E-state index in [9.17, 15) is 0 Å². The molecule has 132 valence electrons. The first-order valence-corrected chi connectivity index (χ1v) is 8.09. The third-order valence-electron chi connectivity index (χ3n) is 4.06. The van der Waals surface area contributed by atoms with Gasteiger partial charge in [0.15, 0.2) is 5.96 Å². The minimum atomic E-state index is 0. The van der Waals surface area contributed by atoms with Crippen LogP contribution in [0.3, 0.4) is 0 Å². The molecule has 6 heteroatoms. The predicted octanol–water partition coefficient (Wildman–Crippen LogP) is 3.40. The van der Waals surface area contributed by atoms with Gasteiger partial charge in [0.2, 0.25) is 0 Å². The van der Waals surface area contributed by atoms with Crippen molar-refractivity contribution in [2.75, 3.05) is 20.2 Å². The van der Waals surface area contributed by atoms with Gasteiger partial charge in [-0.25, -0.2) is 0 Å². The molecule has 1 aromatic rings. The van der Waals surface area contributed by atoms with E-state index in [2.05, 4.69) is 36.4 Å². The van der Waals surface area contributed by atoms with Gasteiger partial charge in [-0.05, 0) is 30.4 Å². The number of guanidine groups is 1. The molecule has 2 unspecified atom stereocenters. The number of rotatable bonds is 4. The standard InChI is InChI=1S/C17H29N3O2.HI/c1-17(2,3)15-13(7-5-10-22-15)11-19-16(18-4)20-12-14-8-6-9-21-14;/h6,8-9,13,15H,5,7,10-12H2,1-4H3,(H2,18,19,20);1H. The summed E-state index contributed by atoms with van der Waals surface area (Å²) in [6.45, 7) is 9.14. The maximum atomic E-state index is 6.02. The molecule has 0 aromatic carbocycles. The van der Waals surface area contributed by atoms with Crippen molar-refractivity contribution in [3.8, 4) is 0 Å². The molecule has 1 aliphatic rings. The number of nitrogens with zero attached hydrogens (tertiary/aromatic N) is 1. The van der Waals surface area contributed by atoms with Crippen LogP contribution in [-0.4, -0.2) is 32.3 Å². The van der Waals surface area contributed by atoms with E-state index < -0.39 is 0 Å². The lowest BCUT2D eigenvalue weighted by atomic mass is 9.78. The number of halogens is 1. The highest BCUT2D eigenvalue weighted by Gasteiger charge is 2.35. The third-order valence-corrected chi connectivity index (χ3v) is 4.06. The summed E-state index contributed by atoms with van der Waals surface area (Å²) in [5.41, 5.74) is 0.165. The number of hydrogen-bond donors (Lipinski definition) is 2. The largest absolute Gasteiger partial charge is 0.467 e. The summed E-state index contributed by atoms with van der Waals surface area (Å²) in [7, 11) is 1.79. The summed E-state index contributed by atoms with van der Waals surface area (Å²) >= 11 is 0. The molecular weight excluding hydrogens is 405 g/mol. The van der Waals surface area contributed by atoms with Crippen molar-refractivity contribution in [1.82, 2.24) is 10.6 Å². The summed E-state index contributed by atoms with van der Waals surface area (Å²) in [5.74, 6) is 2.21. The second-order valence-corrected chi connectivity index (χ2v) is 6.95. The Kier molecular flexibility index (Phi) is 8.39. The van der Waals surface area contributed by atoms with Gasteiger partial charge in [-0.1, -0.05) is 20.8 Å². The van der Waals surface area contributed by atoms with E-state index >= 15 is 0 Å². The van der Waals surface area contributed by atoms with Gasteiger partial charge in [-0.2, -0.15) is 0 Å². The smallest absolute Gasteiger partial charge is 0.191 e. The Morgan fingerprint density at radius 2 is 2.13 bits per heavy atom. The van der Waals surface area contributed by atoms with Crippen LogP contribution in [-0.2, 0) is 11.3 Å². The maximum absolute atomic E-state index is 6.02. The summed E-state index contributed by atoms with van der Waals surface area (Å²) in [6.07, 6.45) is 4.30. The Morgan fingerprint density at radius 1 is 1.35 bits per heavy atom. The van der Waals surface area contributed by atoms with Gasteiger partial charge < -0.3 is 19.8 Å². The Balaban J connectivity index is 0.00000264. The minimum absolute atomic E-state index is 0. The zero-order valence-corrected chi connectivity index (χ0v) is 16.9. The van der Waals surface area contributed by atoms with Crippen LogP contribution in [0.25, 0.3) is 0 Å². The zero-order valence-electron chi connectivity index (χ0n) is 14.6. The summed E-state index contributed by atoms with van der Waals surface area (Å²) in [4.78, 5) is 4.27. The minimum Gasteiger partial charge on any atom is -0.467 e.